The zero-order chi connectivity index (χ0) is 15.0. The van der Waals surface area contributed by atoms with Crippen molar-refractivity contribution in [3.63, 3.8) is 0 Å². The summed E-state index contributed by atoms with van der Waals surface area (Å²) in [5.41, 5.74) is 9.03. The van der Waals surface area contributed by atoms with Crippen LogP contribution in [0.3, 0.4) is 0 Å². The third-order valence-corrected chi connectivity index (χ3v) is 4.50. The number of rotatable bonds is 3. The van der Waals surface area contributed by atoms with E-state index in [4.69, 9.17) is 5.73 Å². The molecule has 5 heteroatoms. The molecule has 0 saturated heterocycles. The topological polar surface area (TPSA) is 43.8 Å². The molecule has 0 aliphatic rings. The molecular weight excluding hydrogens is 333 g/mol. The highest BCUT2D eigenvalue weighted by Gasteiger charge is 2.17. The highest BCUT2D eigenvalue weighted by atomic mass is 79.9. The van der Waals surface area contributed by atoms with Crippen LogP contribution < -0.4 is 5.73 Å². The Morgan fingerprint density at radius 1 is 1.24 bits per heavy atom. The summed E-state index contributed by atoms with van der Waals surface area (Å²) >= 11 is 3.28. The van der Waals surface area contributed by atoms with Crippen molar-refractivity contribution in [2.75, 3.05) is 0 Å². The Morgan fingerprint density at radius 3 is 2.81 bits per heavy atom. The van der Waals surface area contributed by atoms with E-state index in [1.54, 1.807) is 6.07 Å². The molecule has 0 amide bonds. The summed E-state index contributed by atoms with van der Waals surface area (Å²) in [4.78, 5) is 0. The number of hydrogen-bond acceptors (Lipinski definition) is 2. The standard InChI is InChI=1S/C16H15BrFN3/c1-21-14-8-3-2-6-11(14)16(20-21)13(19)9-10-5-4-7-12(18)15(10)17/h2-8,13H,9,19H2,1H3. The van der Waals surface area contributed by atoms with E-state index in [-0.39, 0.29) is 11.9 Å². The lowest BCUT2D eigenvalue weighted by Gasteiger charge is -2.11. The number of nitrogens with two attached hydrogens (primary N) is 1. The third kappa shape index (κ3) is 2.59. The SMILES string of the molecule is Cn1nc(C(N)Cc2cccc(F)c2Br)c2ccccc21. The van der Waals surface area contributed by atoms with Crippen LogP contribution in [0.2, 0.25) is 0 Å². The van der Waals surface area contributed by atoms with E-state index < -0.39 is 0 Å². The number of aromatic nitrogens is 2. The smallest absolute Gasteiger partial charge is 0.137 e. The summed E-state index contributed by atoms with van der Waals surface area (Å²) in [6.45, 7) is 0. The minimum atomic E-state index is -0.283. The minimum absolute atomic E-state index is 0.273. The number of halogens is 2. The van der Waals surface area contributed by atoms with Gasteiger partial charge in [-0.25, -0.2) is 4.39 Å². The average Bonchev–Trinajstić information content (AvgIpc) is 2.82. The molecule has 0 saturated carbocycles. The maximum absolute atomic E-state index is 13.6. The van der Waals surface area contributed by atoms with E-state index in [9.17, 15) is 4.39 Å². The van der Waals surface area contributed by atoms with E-state index in [0.29, 0.717) is 10.9 Å². The molecule has 0 bridgehead atoms. The fourth-order valence-electron chi connectivity index (χ4n) is 2.56. The Bertz CT molecular complexity index is 797. The number of fused-ring (bicyclic) bond motifs is 1. The van der Waals surface area contributed by atoms with Crippen LogP contribution in [-0.4, -0.2) is 9.78 Å². The molecule has 0 fully saturated rings. The predicted molar refractivity (Wildman–Crippen MR) is 85.4 cm³/mol. The summed E-state index contributed by atoms with van der Waals surface area (Å²) < 4.78 is 15.9. The van der Waals surface area contributed by atoms with E-state index in [1.165, 1.54) is 6.07 Å². The molecule has 2 N–H and O–H groups in total. The lowest BCUT2D eigenvalue weighted by Crippen LogP contribution is -2.15. The normalized spacial score (nSPS) is 12.8. The molecule has 3 rings (SSSR count). The van der Waals surface area contributed by atoms with Crippen molar-refractivity contribution in [2.45, 2.75) is 12.5 Å². The highest BCUT2D eigenvalue weighted by Crippen LogP contribution is 2.27. The van der Waals surface area contributed by atoms with Gasteiger partial charge in [0.05, 0.1) is 21.7 Å². The fraction of sp³-hybridized carbons (Fsp3) is 0.188. The van der Waals surface area contributed by atoms with E-state index >= 15 is 0 Å². The van der Waals surface area contributed by atoms with Gasteiger partial charge in [-0.1, -0.05) is 30.3 Å². The third-order valence-electron chi connectivity index (χ3n) is 3.61. The molecule has 1 aromatic heterocycles. The summed E-state index contributed by atoms with van der Waals surface area (Å²) in [5, 5.41) is 5.56. The summed E-state index contributed by atoms with van der Waals surface area (Å²) in [7, 11) is 1.90. The Kier molecular flexibility index (Phi) is 3.78. The molecule has 3 nitrogen and oxygen atoms in total. The highest BCUT2D eigenvalue weighted by molar-refractivity contribution is 9.10. The Hall–Kier alpha value is -1.72. The van der Waals surface area contributed by atoms with Crippen molar-refractivity contribution in [1.82, 2.24) is 9.78 Å². The first-order chi connectivity index (χ1) is 10.1. The Morgan fingerprint density at radius 2 is 2.00 bits per heavy atom. The van der Waals surface area contributed by atoms with Gasteiger partial charge < -0.3 is 5.73 Å². The molecule has 2 aromatic carbocycles. The monoisotopic (exact) mass is 347 g/mol. The molecule has 0 spiro atoms. The van der Waals surface area contributed by atoms with Crippen molar-refractivity contribution >= 4 is 26.8 Å². The first-order valence-electron chi connectivity index (χ1n) is 6.68. The largest absolute Gasteiger partial charge is 0.322 e. The van der Waals surface area contributed by atoms with Gasteiger partial charge in [0.25, 0.3) is 0 Å². The molecule has 21 heavy (non-hydrogen) atoms. The Balaban J connectivity index is 1.98. The first kappa shape index (κ1) is 14.2. The lowest BCUT2D eigenvalue weighted by atomic mass is 10.0. The van der Waals surface area contributed by atoms with Crippen molar-refractivity contribution in [3.05, 3.63) is 64.0 Å². The van der Waals surface area contributed by atoms with Crippen LogP contribution in [0.15, 0.2) is 46.9 Å². The van der Waals surface area contributed by atoms with Gasteiger partial charge in [0.15, 0.2) is 0 Å². The average molecular weight is 348 g/mol. The van der Waals surface area contributed by atoms with Gasteiger partial charge >= 0.3 is 0 Å². The van der Waals surface area contributed by atoms with Gasteiger partial charge in [-0.15, -0.1) is 0 Å². The second kappa shape index (κ2) is 5.58. The van der Waals surface area contributed by atoms with Crippen LogP contribution in [0, 0.1) is 5.82 Å². The molecule has 0 radical (unpaired) electrons. The summed E-state index contributed by atoms with van der Waals surface area (Å²) in [6, 6.07) is 12.7. The lowest BCUT2D eigenvalue weighted by molar-refractivity contribution is 0.611. The van der Waals surface area contributed by atoms with E-state index in [1.807, 2.05) is 42.1 Å². The quantitative estimate of drug-likeness (QED) is 0.784. The molecule has 1 heterocycles. The van der Waals surface area contributed by atoms with Crippen molar-refractivity contribution in [1.29, 1.82) is 0 Å². The Labute approximate surface area is 130 Å². The van der Waals surface area contributed by atoms with Crippen LogP contribution in [0.1, 0.15) is 17.3 Å². The molecular formula is C16H15BrFN3. The van der Waals surface area contributed by atoms with E-state index in [2.05, 4.69) is 21.0 Å². The number of hydrogen-bond donors (Lipinski definition) is 1. The summed E-state index contributed by atoms with van der Waals surface area (Å²) in [6.07, 6.45) is 0.527. The van der Waals surface area contributed by atoms with Crippen LogP contribution >= 0.6 is 15.9 Å². The van der Waals surface area contributed by atoms with Gasteiger partial charge in [0, 0.05) is 12.4 Å². The zero-order valence-corrected chi connectivity index (χ0v) is 13.1. The van der Waals surface area contributed by atoms with Crippen LogP contribution in [0.4, 0.5) is 4.39 Å². The maximum Gasteiger partial charge on any atom is 0.137 e. The van der Waals surface area contributed by atoms with E-state index in [0.717, 1.165) is 22.2 Å². The molecule has 1 atom stereocenters. The molecule has 108 valence electrons. The first-order valence-corrected chi connectivity index (χ1v) is 7.47. The van der Waals surface area contributed by atoms with Crippen LogP contribution in [-0.2, 0) is 13.5 Å². The second-order valence-corrected chi connectivity index (χ2v) is 5.84. The fourth-order valence-corrected chi connectivity index (χ4v) is 2.98. The van der Waals surface area contributed by atoms with Crippen molar-refractivity contribution < 1.29 is 4.39 Å². The van der Waals surface area contributed by atoms with Gasteiger partial charge in [-0.3, -0.25) is 4.68 Å². The maximum atomic E-state index is 13.6. The van der Waals surface area contributed by atoms with Crippen molar-refractivity contribution in [3.8, 4) is 0 Å². The minimum Gasteiger partial charge on any atom is -0.322 e. The van der Waals surface area contributed by atoms with Gasteiger partial charge in [0.2, 0.25) is 0 Å². The van der Waals surface area contributed by atoms with Gasteiger partial charge in [-0.2, -0.15) is 5.10 Å². The number of aryl methyl sites for hydroxylation is 1. The van der Waals surface area contributed by atoms with Gasteiger partial charge in [0.1, 0.15) is 5.82 Å². The number of nitrogens with zero attached hydrogens (tertiary/aromatic N) is 2. The van der Waals surface area contributed by atoms with Crippen LogP contribution in [0.25, 0.3) is 10.9 Å². The summed E-state index contributed by atoms with van der Waals surface area (Å²) in [5.74, 6) is -0.273. The van der Waals surface area contributed by atoms with Crippen LogP contribution in [0.5, 0.6) is 0 Å². The second-order valence-electron chi connectivity index (χ2n) is 5.05. The molecule has 1 unspecified atom stereocenters. The predicted octanol–water partition coefficient (Wildman–Crippen LogP) is 3.72. The van der Waals surface area contributed by atoms with Crippen molar-refractivity contribution in [2.24, 2.45) is 12.8 Å². The zero-order valence-electron chi connectivity index (χ0n) is 11.6. The number of para-hydroxylation sites is 1. The number of benzene rings is 2. The molecule has 0 aliphatic heterocycles. The van der Waals surface area contributed by atoms with Gasteiger partial charge in [-0.05, 0) is 40.0 Å². The molecule has 0 aliphatic carbocycles. The molecule has 3 aromatic rings.